The van der Waals surface area contributed by atoms with Gasteiger partial charge in [0.2, 0.25) is 0 Å². The van der Waals surface area contributed by atoms with Crippen LogP contribution in [0.2, 0.25) is 0 Å². The van der Waals surface area contributed by atoms with Crippen LogP contribution >= 0.6 is 54.5 Å². The molecular formula is C11H9Br2IN2O2. The smallest absolute Gasteiger partial charge is 0.264 e. The molecule has 0 aliphatic carbocycles. The summed E-state index contributed by atoms with van der Waals surface area (Å²) in [5.41, 5.74) is 0.630. The van der Waals surface area contributed by atoms with E-state index in [0.29, 0.717) is 19.8 Å². The summed E-state index contributed by atoms with van der Waals surface area (Å²) in [5, 5.41) is 0. The van der Waals surface area contributed by atoms with Gasteiger partial charge >= 0.3 is 0 Å². The quantitative estimate of drug-likeness (QED) is 0.643. The molecule has 0 amide bonds. The number of furan rings is 1. The van der Waals surface area contributed by atoms with Crippen LogP contribution < -0.4 is 5.56 Å². The SMILES string of the molecule is CC(C)c1nc(-c2cc(Br)c(Br)o2)[nH]c(=O)c1I. The number of aromatic nitrogens is 2. The van der Waals surface area contributed by atoms with E-state index in [0.717, 1.165) is 10.2 Å². The molecule has 0 saturated carbocycles. The van der Waals surface area contributed by atoms with Gasteiger partial charge in [0.05, 0.1) is 13.7 Å². The number of H-pyrrole nitrogens is 1. The van der Waals surface area contributed by atoms with E-state index in [2.05, 4.69) is 41.8 Å². The van der Waals surface area contributed by atoms with Crippen molar-refractivity contribution in [2.45, 2.75) is 19.8 Å². The van der Waals surface area contributed by atoms with Crippen LogP contribution in [0.3, 0.4) is 0 Å². The van der Waals surface area contributed by atoms with Crippen molar-refractivity contribution in [2.75, 3.05) is 0 Å². The maximum absolute atomic E-state index is 11.9. The lowest BCUT2D eigenvalue weighted by molar-refractivity contribution is 0.548. The number of hydrogen-bond donors (Lipinski definition) is 1. The fraction of sp³-hybridized carbons (Fsp3) is 0.273. The Morgan fingerprint density at radius 3 is 2.61 bits per heavy atom. The molecule has 2 aromatic heterocycles. The van der Waals surface area contributed by atoms with Crippen molar-refractivity contribution in [3.05, 3.63) is 34.8 Å². The van der Waals surface area contributed by atoms with E-state index in [4.69, 9.17) is 4.42 Å². The molecule has 96 valence electrons. The van der Waals surface area contributed by atoms with E-state index in [1.165, 1.54) is 0 Å². The fourth-order valence-electron chi connectivity index (χ4n) is 1.44. The van der Waals surface area contributed by atoms with Gasteiger partial charge in [-0.05, 0) is 60.4 Å². The third-order valence-corrected chi connectivity index (χ3v) is 5.07. The normalized spacial score (nSPS) is 11.2. The fourth-order valence-corrected chi connectivity index (χ4v) is 2.89. The first-order valence-electron chi connectivity index (χ1n) is 5.15. The van der Waals surface area contributed by atoms with E-state index in [9.17, 15) is 4.79 Å². The Labute approximate surface area is 134 Å². The molecule has 0 fully saturated rings. The molecule has 0 aromatic carbocycles. The van der Waals surface area contributed by atoms with Crippen LogP contribution in [0.4, 0.5) is 0 Å². The zero-order chi connectivity index (χ0) is 13.4. The van der Waals surface area contributed by atoms with Crippen molar-refractivity contribution in [1.29, 1.82) is 0 Å². The van der Waals surface area contributed by atoms with Crippen LogP contribution in [0.25, 0.3) is 11.6 Å². The molecule has 1 N–H and O–H groups in total. The van der Waals surface area contributed by atoms with E-state index in [1.807, 2.05) is 36.4 Å². The van der Waals surface area contributed by atoms with E-state index < -0.39 is 0 Å². The molecule has 7 heteroatoms. The van der Waals surface area contributed by atoms with Gasteiger partial charge in [0, 0.05) is 6.07 Å². The van der Waals surface area contributed by atoms with Crippen molar-refractivity contribution in [3.63, 3.8) is 0 Å². The standard InChI is InChI=1S/C11H9Br2IN2O2/c1-4(2)8-7(14)11(17)16-10(15-8)6-3-5(12)9(13)18-6/h3-4H,1-2H3,(H,15,16,17). The first kappa shape index (κ1) is 14.3. The monoisotopic (exact) mass is 486 g/mol. The Morgan fingerprint density at radius 2 is 2.11 bits per heavy atom. The van der Waals surface area contributed by atoms with E-state index in [-0.39, 0.29) is 11.5 Å². The highest BCUT2D eigenvalue weighted by Crippen LogP contribution is 2.31. The van der Waals surface area contributed by atoms with Gasteiger partial charge in [-0.3, -0.25) is 4.79 Å². The van der Waals surface area contributed by atoms with E-state index >= 15 is 0 Å². The lowest BCUT2D eigenvalue weighted by Crippen LogP contribution is -2.17. The van der Waals surface area contributed by atoms with Crippen LogP contribution in [0.1, 0.15) is 25.5 Å². The summed E-state index contributed by atoms with van der Waals surface area (Å²) >= 11 is 8.60. The van der Waals surface area contributed by atoms with Crippen molar-refractivity contribution >= 4 is 54.5 Å². The average molecular weight is 488 g/mol. The van der Waals surface area contributed by atoms with Gasteiger partial charge in [-0.2, -0.15) is 0 Å². The van der Waals surface area contributed by atoms with Gasteiger partial charge in [0.25, 0.3) is 5.56 Å². The van der Waals surface area contributed by atoms with Gasteiger partial charge in [-0.15, -0.1) is 0 Å². The first-order chi connectivity index (χ1) is 8.40. The molecule has 2 aromatic rings. The number of hydrogen-bond acceptors (Lipinski definition) is 3. The number of halogens is 3. The van der Waals surface area contributed by atoms with Crippen LogP contribution in [0.15, 0.2) is 24.4 Å². The summed E-state index contributed by atoms with van der Waals surface area (Å²) in [5.74, 6) is 1.14. The predicted octanol–water partition coefficient (Wildman–Crippen LogP) is 4.28. The third kappa shape index (κ3) is 2.72. The molecule has 0 spiro atoms. The maximum atomic E-state index is 11.9. The molecule has 2 rings (SSSR count). The van der Waals surface area contributed by atoms with E-state index in [1.54, 1.807) is 6.07 Å². The summed E-state index contributed by atoms with van der Waals surface area (Å²) in [6.07, 6.45) is 0. The summed E-state index contributed by atoms with van der Waals surface area (Å²) < 4.78 is 7.44. The molecule has 0 aliphatic rings. The Hall–Kier alpha value is -0.150. The van der Waals surface area contributed by atoms with Gasteiger partial charge in [-0.1, -0.05) is 13.8 Å². The van der Waals surface area contributed by atoms with Gasteiger partial charge in [0.15, 0.2) is 16.3 Å². The molecular weight excluding hydrogens is 479 g/mol. The third-order valence-electron chi connectivity index (χ3n) is 2.31. The zero-order valence-corrected chi connectivity index (χ0v) is 14.9. The molecule has 0 saturated heterocycles. The highest BCUT2D eigenvalue weighted by Gasteiger charge is 2.16. The second kappa shape index (κ2) is 5.46. The molecule has 0 unspecified atom stereocenters. The first-order valence-corrected chi connectivity index (χ1v) is 7.81. The molecule has 0 aliphatic heterocycles. The van der Waals surface area contributed by atoms with Gasteiger partial charge in [-0.25, -0.2) is 4.98 Å². The molecule has 0 atom stereocenters. The highest BCUT2D eigenvalue weighted by molar-refractivity contribution is 14.1. The highest BCUT2D eigenvalue weighted by atomic mass is 127. The lowest BCUT2D eigenvalue weighted by atomic mass is 10.1. The Bertz CT molecular complexity index is 629. The minimum atomic E-state index is -0.145. The van der Waals surface area contributed by atoms with Crippen LogP contribution in [-0.2, 0) is 0 Å². The van der Waals surface area contributed by atoms with Gasteiger partial charge in [0.1, 0.15) is 0 Å². The average Bonchev–Trinajstić information content (AvgIpc) is 2.62. The Balaban J connectivity index is 2.62. The van der Waals surface area contributed by atoms with Crippen molar-refractivity contribution in [1.82, 2.24) is 9.97 Å². The second-order valence-electron chi connectivity index (χ2n) is 4.00. The molecule has 4 nitrogen and oxygen atoms in total. The van der Waals surface area contributed by atoms with Crippen molar-refractivity contribution in [2.24, 2.45) is 0 Å². The minimum Gasteiger partial charge on any atom is -0.445 e. The van der Waals surface area contributed by atoms with Crippen LogP contribution in [-0.4, -0.2) is 9.97 Å². The molecule has 2 heterocycles. The molecule has 18 heavy (non-hydrogen) atoms. The van der Waals surface area contributed by atoms with Crippen molar-refractivity contribution in [3.8, 4) is 11.6 Å². The topological polar surface area (TPSA) is 58.9 Å². The maximum Gasteiger partial charge on any atom is 0.264 e. The zero-order valence-electron chi connectivity index (χ0n) is 9.55. The van der Waals surface area contributed by atoms with Crippen LogP contribution in [0.5, 0.6) is 0 Å². The Kier molecular flexibility index (Phi) is 4.32. The Morgan fingerprint density at radius 1 is 1.44 bits per heavy atom. The van der Waals surface area contributed by atoms with Crippen molar-refractivity contribution < 1.29 is 4.42 Å². The summed E-state index contributed by atoms with van der Waals surface area (Å²) in [4.78, 5) is 19.0. The summed E-state index contributed by atoms with van der Waals surface area (Å²) in [6.45, 7) is 4.00. The van der Waals surface area contributed by atoms with Gasteiger partial charge < -0.3 is 9.40 Å². The number of nitrogens with one attached hydrogen (secondary N) is 1. The predicted molar refractivity (Wildman–Crippen MR) is 84.8 cm³/mol. The largest absolute Gasteiger partial charge is 0.445 e. The lowest BCUT2D eigenvalue weighted by Gasteiger charge is -2.07. The minimum absolute atomic E-state index is 0.145. The second-order valence-corrected chi connectivity index (χ2v) is 6.65. The number of aromatic amines is 1. The number of rotatable bonds is 2. The van der Waals surface area contributed by atoms with Crippen LogP contribution in [0, 0.1) is 3.57 Å². The molecule has 0 radical (unpaired) electrons. The number of nitrogens with zero attached hydrogens (tertiary/aromatic N) is 1. The molecule has 0 bridgehead atoms. The summed E-state index contributed by atoms with van der Waals surface area (Å²) in [7, 11) is 0. The summed E-state index contributed by atoms with van der Waals surface area (Å²) in [6, 6.07) is 1.76.